The second kappa shape index (κ2) is 7.90. The van der Waals surface area contributed by atoms with Gasteiger partial charge in [-0.3, -0.25) is 0 Å². The molecule has 0 fully saturated rings. The van der Waals surface area contributed by atoms with Gasteiger partial charge in [0.25, 0.3) is 0 Å². The van der Waals surface area contributed by atoms with Crippen LogP contribution in [0.5, 0.6) is 0 Å². The van der Waals surface area contributed by atoms with E-state index >= 15 is 0 Å². The summed E-state index contributed by atoms with van der Waals surface area (Å²) < 4.78 is 26.2. The molecule has 0 saturated carbocycles. The van der Waals surface area contributed by atoms with E-state index in [1.807, 2.05) is 31.1 Å². The molecular formula is C20H33NO2S. The number of aryl methyl sites for hydroxylation is 1. The van der Waals surface area contributed by atoms with Crippen molar-refractivity contribution >= 4 is 15.5 Å². The minimum atomic E-state index is -3.21. The third-order valence-electron chi connectivity index (χ3n) is 5.44. The molecule has 0 atom stereocenters. The average Bonchev–Trinajstić information content (AvgIpc) is 2.65. The number of hydrogen-bond donors (Lipinski definition) is 0. The molecule has 0 aromatic heterocycles. The van der Waals surface area contributed by atoms with Gasteiger partial charge in [-0.05, 0) is 54.9 Å². The Labute approximate surface area is 148 Å². The molecule has 1 aromatic carbocycles. The molecule has 3 nitrogen and oxygen atoms in total. The summed E-state index contributed by atoms with van der Waals surface area (Å²) in [6.45, 7) is 4.38. The number of unbranched alkanes of at least 4 members (excludes halogenated alkanes) is 2. The third-order valence-corrected chi connectivity index (χ3v) is 7.50. The van der Waals surface area contributed by atoms with Crippen molar-refractivity contribution in [2.75, 3.05) is 24.7 Å². The summed E-state index contributed by atoms with van der Waals surface area (Å²) in [5.41, 5.74) is 2.05. The van der Waals surface area contributed by atoms with Gasteiger partial charge in [0.15, 0.2) is 9.84 Å². The van der Waals surface area contributed by atoms with Crippen LogP contribution in [0.1, 0.15) is 64.4 Å². The Morgan fingerprint density at radius 2 is 1.71 bits per heavy atom. The molecule has 136 valence electrons. The normalized spacial score (nSPS) is 18.7. The Kier molecular flexibility index (Phi) is 6.35. The lowest BCUT2D eigenvalue weighted by molar-refractivity contribution is 0.241. The number of sulfone groups is 1. The van der Waals surface area contributed by atoms with Crippen molar-refractivity contribution < 1.29 is 8.42 Å². The summed E-state index contributed by atoms with van der Waals surface area (Å²) in [5, 5.41) is 0. The molecule has 0 N–H and O–H groups in total. The van der Waals surface area contributed by atoms with Crippen LogP contribution in [0.15, 0.2) is 23.1 Å². The van der Waals surface area contributed by atoms with Gasteiger partial charge in [0.1, 0.15) is 0 Å². The molecule has 1 aromatic rings. The topological polar surface area (TPSA) is 37.4 Å². The van der Waals surface area contributed by atoms with Crippen molar-refractivity contribution in [3.63, 3.8) is 0 Å². The molecule has 0 unspecified atom stereocenters. The van der Waals surface area contributed by atoms with E-state index in [1.54, 1.807) is 0 Å². The molecule has 0 bridgehead atoms. The Morgan fingerprint density at radius 3 is 2.25 bits per heavy atom. The van der Waals surface area contributed by atoms with Crippen molar-refractivity contribution in [3.8, 4) is 0 Å². The lowest BCUT2D eigenvalue weighted by atomic mass is 9.75. The highest BCUT2D eigenvalue weighted by Gasteiger charge is 2.38. The predicted octanol–water partition coefficient (Wildman–Crippen LogP) is 4.84. The molecule has 1 aliphatic heterocycles. The molecule has 24 heavy (non-hydrogen) atoms. The second-order valence-corrected chi connectivity index (χ2v) is 9.61. The van der Waals surface area contributed by atoms with E-state index in [1.165, 1.54) is 0 Å². The summed E-state index contributed by atoms with van der Waals surface area (Å²) in [7, 11) is 0.792. The summed E-state index contributed by atoms with van der Waals surface area (Å²) >= 11 is 0. The second-order valence-electron chi connectivity index (χ2n) is 7.65. The minimum Gasteiger partial charge on any atom is -0.378 e. The van der Waals surface area contributed by atoms with Crippen molar-refractivity contribution in [2.24, 2.45) is 5.41 Å². The first-order valence-electron chi connectivity index (χ1n) is 9.36. The Hall–Kier alpha value is -1.03. The number of hydrogen-bond acceptors (Lipinski definition) is 3. The van der Waals surface area contributed by atoms with Crippen molar-refractivity contribution in [3.05, 3.63) is 23.8 Å². The molecular weight excluding hydrogens is 318 g/mol. The van der Waals surface area contributed by atoms with Crippen LogP contribution in [0.3, 0.4) is 0 Å². The van der Waals surface area contributed by atoms with Gasteiger partial charge in [-0.2, -0.15) is 0 Å². The van der Waals surface area contributed by atoms with Crippen LogP contribution in [0.25, 0.3) is 0 Å². The van der Waals surface area contributed by atoms with Gasteiger partial charge in [-0.1, -0.05) is 39.5 Å². The van der Waals surface area contributed by atoms with Crippen molar-refractivity contribution in [1.29, 1.82) is 0 Å². The van der Waals surface area contributed by atoms with E-state index in [-0.39, 0.29) is 5.41 Å². The smallest absolute Gasteiger partial charge is 0.179 e. The van der Waals surface area contributed by atoms with Gasteiger partial charge in [0.05, 0.1) is 10.6 Å². The highest BCUT2D eigenvalue weighted by Crippen LogP contribution is 2.42. The van der Waals surface area contributed by atoms with Gasteiger partial charge < -0.3 is 4.90 Å². The third kappa shape index (κ3) is 4.33. The maximum Gasteiger partial charge on any atom is 0.179 e. The van der Waals surface area contributed by atoms with Gasteiger partial charge in [-0.25, -0.2) is 8.42 Å². The highest BCUT2D eigenvalue weighted by molar-refractivity contribution is 7.91. The van der Waals surface area contributed by atoms with Crippen molar-refractivity contribution in [1.82, 2.24) is 0 Å². The molecule has 0 radical (unpaired) electrons. The molecule has 0 saturated heterocycles. The number of anilines is 1. The maximum atomic E-state index is 13.1. The summed E-state index contributed by atoms with van der Waals surface area (Å²) in [4.78, 5) is 2.61. The Morgan fingerprint density at radius 1 is 1.08 bits per heavy atom. The average molecular weight is 352 g/mol. The van der Waals surface area contributed by atoms with Crippen molar-refractivity contribution in [2.45, 2.75) is 70.1 Å². The lowest BCUT2D eigenvalue weighted by Crippen LogP contribution is -2.29. The zero-order valence-corrected chi connectivity index (χ0v) is 16.6. The maximum absolute atomic E-state index is 13.1. The summed E-state index contributed by atoms with van der Waals surface area (Å²) in [6, 6.07) is 5.83. The molecule has 1 heterocycles. The van der Waals surface area contributed by atoms with Crippen LogP contribution in [0, 0.1) is 5.41 Å². The first-order chi connectivity index (χ1) is 11.3. The van der Waals surface area contributed by atoms with Crippen LogP contribution >= 0.6 is 0 Å². The molecule has 4 heteroatoms. The Balaban J connectivity index is 2.39. The first kappa shape index (κ1) is 19.3. The van der Waals surface area contributed by atoms with Gasteiger partial charge in [0, 0.05) is 19.8 Å². The van der Waals surface area contributed by atoms with E-state index in [0.29, 0.717) is 10.6 Å². The number of nitrogens with zero attached hydrogens (tertiary/aromatic N) is 1. The summed E-state index contributed by atoms with van der Waals surface area (Å²) in [6.07, 6.45) is 8.46. The monoisotopic (exact) mass is 351 g/mol. The van der Waals surface area contributed by atoms with Gasteiger partial charge in [-0.15, -0.1) is 0 Å². The first-order valence-corrected chi connectivity index (χ1v) is 11.0. The van der Waals surface area contributed by atoms with Crippen LogP contribution in [-0.2, 0) is 16.3 Å². The fourth-order valence-electron chi connectivity index (χ4n) is 3.92. The number of fused-ring (bicyclic) bond motifs is 1. The molecule has 1 aliphatic rings. The molecule has 0 amide bonds. The zero-order chi connectivity index (χ0) is 17.8. The lowest BCUT2D eigenvalue weighted by Gasteiger charge is -2.32. The van der Waals surface area contributed by atoms with Crippen LogP contribution in [0.4, 0.5) is 5.69 Å². The largest absolute Gasteiger partial charge is 0.378 e. The predicted molar refractivity (Wildman–Crippen MR) is 103 cm³/mol. The van der Waals surface area contributed by atoms with Crippen LogP contribution in [-0.4, -0.2) is 28.3 Å². The number of benzene rings is 1. The molecule has 2 rings (SSSR count). The standard InChI is InChI=1S/C20H33NO2S/c1-5-7-12-20(13-8-6-2)14-11-17-15-18(21(3)4)9-10-19(17)24(22,23)16-20/h9-10,15H,5-8,11-14,16H2,1-4H3. The van der Waals surface area contributed by atoms with Gasteiger partial charge >= 0.3 is 0 Å². The van der Waals surface area contributed by atoms with E-state index in [9.17, 15) is 8.42 Å². The molecule has 0 aliphatic carbocycles. The minimum absolute atomic E-state index is 0.0395. The van der Waals surface area contributed by atoms with E-state index < -0.39 is 9.84 Å². The summed E-state index contributed by atoms with van der Waals surface area (Å²) in [5.74, 6) is 0.328. The van der Waals surface area contributed by atoms with Crippen LogP contribution < -0.4 is 4.90 Å². The fraction of sp³-hybridized carbons (Fsp3) is 0.700. The quantitative estimate of drug-likeness (QED) is 0.705. The highest BCUT2D eigenvalue weighted by atomic mass is 32.2. The van der Waals surface area contributed by atoms with E-state index in [4.69, 9.17) is 0 Å². The van der Waals surface area contributed by atoms with E-state index in [2.05, 4.69) is 19.9 Å². The number of rotatable bonds is 7. The SMILES string of the molecule is CCCCC1(CCCC)CCc2cc(N(C)C)ccc2S(=O)(=O)C1. The Bertz CT molecular complexity index is 642. The van der Waals surface area contributed by atoms with Gasteiger partial charge in [0.2, 0.25) is 0 Å². The zero-order valence-electron chi connectivity index (χ0n) is 15.8. The fourth-order valence-corrected chi connectivity index (χ4v) is 6.15. The molecule has 0 spiro atoms. The van der Waals surface area contributed by atoms with Crippen LogP contribution in [0.2, 0.25) is 0 Å². The van der Waals surface area contributed by atoms with E-state index in [0.717, 1.165) is 62.6 Å².